The molecule has 0 aromatic heterocycles. The van der Waals surface area contributed by atoms with Crippen molar-refractivity contribution in [3.8, 4) is 0 Å². The topological polar surface area (TPSA) is 26.3 Å². The average molecular weight is 168 g/mol. The van der Waals surface area contributed by atoms with Crippen molar-refractivity contribution in [1.29, 1.82) is 0 Å². The molecule has 0 heterocycles. The molecular weight excluding hydrogens is 152 g/mol. The number of hydrogen-bond donors (Lipinski definition) is 0. The minimum Gasteiger partial charge on any atom is -0.378 e. The van der Waals surface area contributed by atoms with E-state index in [1.165, 1.54) is 6.42 Å². The summed E-state index contributed by atoms with van der Waals surface area (Å²) in [7, 11) is 1.74. The van der Waals surface area contributed by atoms with Crippen molar-refractivity contribution in [3.05, 3.63) is 0 Å². The van der Waals surface area contributed by atoms with E-state index in [4.69, 9.17) is 4.74 Å². The predicted octanol–water partition coefficient (Wildman–Crippen LogP) is 1.92. The standard InChI is InChI=1S/C10H16O2/c1-12-10(5-2-6-10)7-9(11)8-3-4-8/h8H,2-7H2,1H3. The molecule has 2 rings (SSSR count). The highest BCUT2D eigenvalue weighted by Gasteiger charge is 2.42. The number of carbonyl (C=O) groups is 1. The first-order valence-corrected chi connectivity index (χ1v) is 4.84. The van der Waals surface area contributed by atoms with Crippen molar-refractivity contribution in [3.63, 3.8) is 0 Å². The minimum absolute atomic E-state index is 0.0420. The molecule has 0 radical (unpaired) electrons. The molecule has 68 valence electrons. The number of rotatable bonds is 4. The molecule has 2 fully saturated rings. The number of carbonyl (C=O) groups excluding carboxylic acids is 1. The van der Waals surface area contributed by atoms with E-state index in [0.717, 1.165) is 25.7 Å². The van der Waals surface area contributed by atoms with Gasteiger partial charge in [-0.15, -0.1) is 0 Å². The Morgan fingerprint density at radius 1 is 1.50 bits per heavy atom. The second kappa shape index (κ2) is 2.84. The zero-order valence-electron chi connectivity index (χ0n) is 7.64. The molecule has 0 bridgehead atoms. The van der Waals surface area contributed by atoms with E-state index in [-0.39, 0.29) is 5.60 Å². The maximum absolute atomic E-state index is 11.5. The zero-order valence-corrected chi connectivity index (χ0v) is 7.64. The van der Waals surface area contributed by atoms with Gasteiger partial charge in [-0.25, -0.2) is 0 Å². The molecule has 0 aliphatic heterocycles. The third-order valence-electron chi connectivity index (χ3n) is 3.23. The molecule has 2 heteroatoms. The molecule has 2 aliphatic carbocycles. The van der Waals surface area contributed by atoms with Gasteiger partial charge in [0.1, 0.15) is 5.78 Å². The Bertz CT molecular complexity index is 185. The summed E-state index contributed by atoms with van der Waals surface area (Å²) in [6, 6.07) is 0. The van der Waals surface area contributed by atoms with Gasteiger partial charge < -0.3 is 4.74 Å². The number of hydrogen-bond acceptors (Lipinski definition) is 2. The van der Waals surface area contributed by atoms with Crippen molar-refractivity contribution in [1.82, 2.24) is 0 Å². The summed E-state index contributed by atoms with van der Waals surface area (Å²) in [5.74, 6) is 0.842. The Balaban J connectivity index is 1.86. The van der Waals surface area contributed by atoms with Crippen LogP contribution >= 0.6 is 0 Å². The number of ketones is 1. The van der Waals surface area contributed by atoms with Crippen molar-refractivity contribution in [2.75, 3.05) is 7.11 Å². The predicted molar refractivity (Wildman–Crippen MR) is 45.9 cm³/mol. The second-order valence-electron chi connectivity index (χ2n) is 4.16. The molecule has 2 saturated carbocycles. The van der Waals surface area contributed by atoms with Gasteiger partial charge in [-0.3, -0.25) is 4.79 Å². The monoisotopic (exact) mass is 168 g/mol. The van der Waals surface area contributed by atoms with Crippen LogP contribution in [0.1, 0.15) is 38.5 Å². The summed E-state index contributed by atoms with van der Waals surface area (Å²) in [4.78, 5) is 11.5. The van der Waals surface area contributed by atoms with E-state index < -0.39 is 0 Å². The van der Waals surface area contributed by atoms with Crippen LogP contribution in [0.15, 0.2) is 0 Å². The van der Waals surface area contributed by atoms with Gasteiger partial charge in [0, 0.05) is 19.4 Å². The number of methoxy groups -OCH3 is 1. The van der Waals surface area contributed by atoms with Crippen molar-refractivity contribution in [2.24, 2.45) is 5.92 Å². The molecule has 0 unspecified atom stereocenters. The lowest BCUT2D eigenvalue weighted by Crippen LogP contribution is -2.41. The molecule has 0 N–H and O–H groups in total. The Kier molecular flexibility index (Phi) is 1.95. The molecule has 0 saturated heterocycles. The Morgan fingerprint density at radius 2 is 2.17 bits per heavy atom. The Hall–Kier alpha value is -0.370. The summed E-state index contributed by atoms with van der Waals surface area (Å²) >= 11 is 0. The SMILES string of the molecule is COC1(CC(=O)C2CC2)CCC1. The normalized spacial score (nSPS) is 26.4. The van der Waals surface area contributed by atoms with Crippen molar-refractivity contribution in [2.45, 2.75) is 44.1 Å². The first-order valence-electron chi connectivity index (χ1n) is 4.84. The lowest BCUT2D eigenvalue weighted by Gasteiger charge is -2.40. The highest BCUT2D eigenvalue weighted by atomic mass is 16.5. The molecule has 2 nitrogen and oxygen atoms in total. The molecule has 0 atom stereocenters. The zero-order chi connectivity index (χ0) is 8.60. The van der Waals surface area contributed by atoms with Crippen LogP contribution in [0.3, 0.4) is 0 Å². The van der Waals surface area contributed by atoms with Crippen molar-refractivity contribution < 1.29 is 9.53 Å². The van der Waals surface area contributed by atoms with Crippen LogP contribution in [-0.4, -0.2) is 18.5 Å². The summed E-state index contributed by atoms with van der Waals surface area (Å²) in [6.45, 7) is 0. The second-order valence-corrected chi connectivity index (χ2v) is 4.16. The van der Waals surface area contributed by atoms with Gasteiger partial charge in [-0.05, 0) is 32.1 Å². The largest absolute Gasteiger partial charge is 0.378 e. The van der Waals surface area contributed by atoms with Gasteiger partial charge in [0.25, 0.3) is 0 Å². The quantitative estimate of drug-likeness (QED) is 0.641. The van der Waals surface area contributed by atoms with E-state index in [0.29, 0.717) is 18.1 Å². The van der Waals surface area contributed by atoms with Crippen molar-refractivity contribution >= 4 is 5.78 Å². The van der Waals surface area contributed by atoms with Crippen LogP contribution in [0.2, 0.25) is 0 Å². The highest BCUT2D eigenvalue weighted by Crippen LogP contribution is 2.41. The summed E-state index contributed by atoms with van der Waals surface area (Å²) in [6.07, 6.45) is 6.32. The van der Waals surface area contributed by atoms with Gasteiger partial charge in [-0.1, -0.05) is 0 Å². The number of Topliss-reactive ketones (excluding diaryl/α,β-unsaturated/α-hetero) is 1. The van der Waals surface area contributed by atoms with Crippen LogP contribution in [0, 0.1) is 5.92 Å². The lowest BCUT2D eigenvalue weighted by atomic mass is 9.76. The third kappa shape index (κ3) is 1.40. The van der Waals surface area contributed by atoms with Crippen LogP contribution in [-0.2, 0) is 9.53 Å². The van der Waals surface area contributed by atoms with Gasteiger partial charge in [-0.2, -0.15) is 0 Å². The van der Waals surface area contributed by atoms with Crippen LogP contribution in [0.4, 0.5) is 0 Å². The first kappa shape index (κ1) is 8.24. The fourth-order valence-electron chi connectivity index (χ4n) is 1.89. The minimum atomic E-state index is -0.0420. The molecule has 0 spiro atoms. The molecule has 0 aromatic carbocycles. The van der Waals surface area contributed by atoms with E-state index >= 15 is 0 Å². The molecule has 0 amide bonds. The molecule has 2 aliphatic rings. The smallest absolute Gasteiger partial charge is 0.138 e. The van der Waals surface area contributed by atoms with E-state index in [1.807, 2.05) is 0 Å². The Labute approximate surface area is 73.3 Å². The van der Waals surface area contributed by atoms with Crippen LogP contribution < -0.4 is 0 Å². The lowest BCUT2D eigenvalue weighted by molar-refractivity contribution is -0.133. The van der Waals surface area contributed by atoms with Gasteiger partial charge in [0.2, 0.25) is 0 Å². The average Bonchev–Trinajstić information content (AvgIpc) is 2.78. The van der Waals surface area contributed by atoms with E-state index in [1.54, 1.807) is 7.11 Å². The molecular formula is C10H16O2. The van der Waals surface area contributed by atoms with Gasteiger partial charge in [0.05, 0.1) is 5.60 Å². The van der Waals surface area contributed by atoms with E-state index in [9.17, 15) is 4.79 Å². The molecule has 0 aromatic rings. The summed E-state index contributed by atoms with van der Waals surface area (Å²) in [5.41, 5.74) is -0.0420. The van der Waals surface area contributed by atoms with E-state index in [2.05, 4.69) is 0 Å². The van der Waals surface area contributed by atoms with Crippen LogP contribution in [0.25, 0.3) is 0 Å². The number of ether oxygens (including phenoxy) is 1. The summed E-state index contributed by atoms with van der Waals surface area (Å²) in [5, 5.41) is 0. The van der Waals surface area contributed by atoms with Gasteiger partial charge in [0.15, 0.2) is 0 Å². The maximum Gasteiger partial charge on any atom is 0.138 e. The van der Waals surface area contributed by atoms with Crippen LogP contribution in [0.5, 0.6) is 0 Å². The first-order chi connectivity index (χ1) is 5.76. The fourth-order valence-corrected chi connectivity index (χ4v) is 1.89. The summed E-state index contributed by atoms with van der Waals surface area (Å²) < 4.78 is 5.40. The highest BCUT2D eigenvalue weighted by molar-refractivity contribution is 5.84. The molecule has 12 heavy (non-hydrogen) atoms. The van der Waals surface area contributed by atoms with Gasteiger partial charge >= 0.3 is 0 Å². The third-order valence-corrected chi connectivity index (χ3v) is 3.23. The maximum atomic E-state index is 11.5. The fraction of sp³-hybridized carbons (Fsp3) is 0.900. The Morgan fingerprint density at radius 3 is 2.50 bits per heavy atom.